The van der Waals surface area contributed by atoms with E-state index in [9.17, 15) is 5.26 Å². The number of nitrogens with two attached hydrogens (primary N) is 1. The zero-order valence-corrected chi connectivity index (χ0v) is 17.4. The van der Waals surface area contributed by atoms with Crippen molar-refractivity contribution < 1.29 is 4.74 Å². The minimum Gasteiger partial charge on any atom is -0.372 e. The molecule has 29 heavy (non-hydrogen) atoms. The molecule has 150 valence electrons. The van der Waals surface area contributed by atoms with Gasteiger partial charge in [0.1, 0.15) is 5.82 Å². The molecule has 5 heteroatoms. The third kappa shape index (κ3) is 5.32. The lowest BCUT2D eigenvalue weighted by Crippen LogP contribution is -2.04. The summed E-state index contributed by atoms with van der Waals surface area (Å²) in [6.45, 7) is 7.82. The van der Waals surface area contributed by atoms with E-state index in [1.165, 1.54) is 5.56 Å². The van der Waals surface area contributed by atoms with E-state index in [1.54, 1.807) is 0 Å². The fourth-order valence-corrected chi connectivity index (χ4v) is 3.33. The molecule has 0 unspecified atom stereocenters. The monoisotopic (exact) mass is 388 g/mol. The van der Waals surface area contributed by atoms with Crippen LogP contribution in [-0.2, 0) is 24.3 Å². The molecule has 0 atom stereocenters. The molecular formula is C24H28N4O. The number of benzene rings is 2. The van der Waals surface area contributed by atoms with Gasteiger partial charge in [0.2, 0.25) is 0 Å². The fourth-order valence-electron chi connectivity index (χ4n) is 3.33. The van der Waals surface area contributed by atoms with E-state index in [2.05, 4.69) is 39.9 Å². The molecule has 0 bridgehead atoms. The van der Waals surface area contributed by atoms with Crippen LogP contribution < -0.4 is 5.73 Å². The van der Waals surface area contributed by atoms with Gasteiger partial charge in [-0.2, -0.15) is 5.26 Å². The van der Waals surface area contributed by atoms with Crippen molar-refractivity contribution in [2.75, 3.05) is 6.54 Å². The maximum absolute atomic E-state index is 9.37. The second-order valence-corrected chi connectivity index (χ2v) is 7.49. The summed E-state index contributed by atoms with van der Waals surface area (Å²) in [5.41, 5.74) is 11.8. The molecule has 2 aromatic carbocycles. The Morgan fingerprint density at radius 3 is 2.59 bits per heavy atom. The number of nitrogens with zero attached hydrogens (tertiary/aromatic N) is 3. The van der Waals surface area contributed by atoms with Crippen molar-refractivity contribution in [1.29, 1.82) is 5.26 Å². The average molecular weight is 389 g/mol. The van der Waals surface area contributed by atoms with Crippen LogP contribution in [0.5, 0.6) is 0 Å². The minimum atomic E-state index is 0.168. The first-order chi connectivity index (χ1) is 14.0. The number of aryl methyl sites for hydroxylation is 1. The van der Waals surface area contributed by atoms with Crippen molar-refractivity contribution in [1.82, 2.24) is 9.55 Å². The number of hydrogen-bond acceptors (Lipinski definition) is 4. The smallest absolute Gasteiger partial charge is 0.106 e. The number of hydrogen-bond donors (Lipinski definition) is 1. The summed E-state index contributed by atoms with van der Waals surface area (Å²) in [6.07, 6.45) is 3.07. The second kappa shape index (κ2) is 9.51. The van der Waals surface area contributed by atoms with Crippen LogP contribution in [0.25, 0.3) is 11.1 Å². The lowest BCUT2D eigenvalue weighted by atomic mass is 9.96. The van der Waals surface area contributed by atoms with E-state index in [-0.39, 0.29) is 6.10 Å². The lowest BCUT2D eigenvalue weighted by molar-refractivity contribution is 0.0637. The van der Waals surface area contributed by atoms with Gasteiger partial charge in [-0.25, -0.2) is 4.98 Å². The number of nitriles is 1. The number of imidazole rings is 1. The van der Waals surface area contributed by atoms with Crippen molar-refractivity contribution in [3.8, 4) is 17.2 Å². The van der Waals surface area contributed by atoms with E-state index >= 15 is 0 Å². The standard InChI is InChI=1S/C24H28N4O/c1-17(2)29-16-23-15-28(18(3)27-23)14-22-12-20(13-26)6-9-24(22)21-7-4-19(5-8-21)10-11-25/h4-9,12,15,17H,10-11,14,16,25H2,1-3H3. The predicted octanol–water partition coefficient (Wildman–Crippen LogP) is 4.20. The van der Waals surface area contributed by atoms with E-state index in [4.69, 9.17) is 10.5 Å². The van der Waals surface area contributed by atoms with Gasteiger partial charge in [0.25, 0.3) is 0 Å². The Hall–Kier alpha value is -2.94. The molecule has 0 amide bonds. The van der Waals surface area contributed by atoms with Crippen LogP contribution in [0, 0.1) is 18.3 Å². The highest BCUT2D eigenvalue weighted by atomic mass is 16.5. The Balaban J connectivity index is 1.91. The van der Waals surface area contributed by atoms with Crippen LogP contribution in [0.3, 0.4) is 0 Å². The highest BCUT2D eigenvalue weighted by Gasteiger charge is 2.11. The Bertz CT molecular complexity index is 997. The first kappa shape index (κ1) is 20.8. The summed E-state index contributed by atoms with van der Waals surface area (Å²) in [6, 6.07) is 16.6. The second-order valence-electron chi connectivity index (χ2n) is 7.49. The van der Waals surface area contributed by atoms with E-state index in [1.807, 2.05) is 45.2 Å². The summed E-state index contributed by atoms with van der Waals surface area (Å²) in [4.78, 5) is 4.62. The number of aromatic nitrogens is 2. The third-order valence-electron chi connectivity index (χ3n) is 4.86. The molecular weight excluding hydrogens is 360 g/mol. The quantitative estimate of drug-likeness (QED) is 0.627. The number of ether oxygens (including phenoxy) is 1. The van der Waals surface area contributed by atoms with Crippen LogP contribution in [0.2, 0.25) is 0 Å². The molecule has 5 nitrogen and oxygen atoms in total. The summed E-state index contributed by atoms with van der Waals surface area (Å²) in [5, 5.41) is 9.37. The predicted molar refractivity (Wildman–Crippen MR) is 115 cm³/mol. The maximum Gasteiger partial charge on any atom is 0.106 e. The lowest BCUT2D eigenvalue weighted by Gasteiger charge is -2.13. The first-order valence-corrected chi connectivity index (χ1v) is 9.96. The van der Waals surface area contributed by atoms with Gasteiger partial charge in [0.05, 0.1) is 30.0 Å². The van der Waals surface area contributed by atoms with Crippen LogP contribution in [0.15, 0.2) is 48.7 Å². The van der Waals surface area contributed by atoms with Gasteiger partial charge in [-0.3, -0.25) is 0 Å². The van der Waals surface area contributed by atoms with Gasteiger partial charge in [-0.15, -0.1) is 0 Å². The summed E-state index contributed by atoms with van der Waals surface area (Å²) in [7, 11) is 0. The molecule has 0 fully saturated rings. The van der Waals surface area contributed by atoms with Crippen molar-refractivity contribution in [3.05, 3.63) is 76.9 Å². The van der Waals surface area contributed by atoms with Gasteiger partial charge in [0.15, 0.2) is 0 Å². The first-order valence-electron chi connectivity index (χ1n) is 9.96. The highest BCUT2D eigenvalue weighted by Crippen LogP contribution is 2.27. The average Bonchev–Trinajstić information content (AvgIpc) is 3.06. The van der Waals surface area contributed by atoms with Gasteiger partial charge in [-0.05, 0) is 68.1 Å². The van der Waals surface area contributed by atoms with Crippen molar-refractivity contribution >= 4 is 0 Å². The topological polar surface area (TPSA) is 76.9 Å². The SMILES string of the molecule is Cc1nc(COC(C)C)cn1Cc1cc(C#N)ccc1-c1ccc(CCN)cc1. The summed E-state index contributed by atoms with van der Waals surface area (Å²) in [5.74, 6) is 0.930. The van der Waals surface area contributed by atoms with Crippen LogP contribution in [0.4, 0.5) is 0 Å². The van der Waals surface area contributed by atoms with Gasteiger partial charge in [0, 0.05) is 12.7 Å². The Labute approximate surface area is 172 Å². The summed E-state index contributed by atoms with van der Waals surface area (Å²) < 4.78 is 7.79. The molecule has 0 aliphatic rings. The minimum absolute atomic E-state index is 0.168. The molecule has 0 radical (unpaired) electrons. The largest absolute Gasteiger partial charge is 0.372 e. The molecule has 3 aromatic rings. The zero-order valence-electron chi connectivity index (χ0n) is 17.4. The fraction of sp³-hybridized carbons (Fsp3) is 0.333. The molecule has 1 heterocycles. The van der Waals surface area contributed by atoms with Crippen LogP contribution in [-0.4, -0.2) is 22.2 Å². The van der Waals surface area contributed by atoms with Crippen molar-refractivity contribution in [2.24, 2.45) is 5.73 Å². The summed E-state index contributed by atoms with van der Waals surface area (Å²) >= 11 is 0. The maximum atomic E-state index is 9.37. The third-order valence-corrected chi connectivity index (χ3v) is 4.86. The molecule has 1 aromatic heterocycles. The molecule has 0 saturated heterocycles. The Kier molecular flexibility index (Phi) is 6.82. The van der Waals surface area contributed by atoms with Gasteiger partial charge < -0.3 is 15.0 Å². The van der Waals surface area contributed by atoms with E-state index < -0.39 is 0 Å². The van der Waals surface area contributed by atoms with Crippen LogP contribution >= 0.6 is 0 Å². The highest BCUT2D eigenvalue weighted by molar-refractivity contribution is 5.68. The van der Waals surface area contributed by atoms with Crippen molar-refractivity contribution in [2.45, 2.75) is 46.4 Å². The zero-order chi connectivity index (χ0) is 20.8. The van der Waals surface area contributed by atoms with Gasteiger partial charge in [-0.1, -0.05) is 30.3 Å². The molecule has 2 N–H and O–H groups in total. The van der Waals surface area contributed by atoms with E-state index in [0.717, 1.165) is 34.6 Å². The molecule has 0 aliphatic heterocycles. The molecule has 0 saturated carbocycles. The Morgan fingerprint density at radius 2 is 1.93 bits per heavy atom. The van der Waals surface area contributed by atoms with E-state index in [0.29, 0.717) is 25.3 Å². The normalized spacial score (nSPS) is 11.0. The van der Waals surface area contributed by atoms with Crippen LogP contribution in [0.1, 0.15) is 42.1 Å². The molecule has 0 spiro atoms. The number of rotatable bonds is 8. The Morgan fingerprint density at radius 1 is 1.17 bits per heavy atom. The van der Waals surface area contributed by atoms with Crippen molar-refractivity contribution in [3.63, 3.8) is 0 Å². The molecule has 0 aliphatic carbocycles. The van der Waals surface area contributed by atoms with Gasteiger partial charge >= 0.3 is 0 Å². The molecule has 3 rings (SSSR count).